The summed E-state index contributed by atoms with van der Waals surface area (Å²) in [7, 11) is 0. The predicted molar refractivity (Wildman–Crippen MR) is 63.6 cm³/mol. The number of hydrogen-bond acceptors (Lipinski definition) is 4. The number of nitrogens with two attached hydrogens (primary N) is 1. The Hall–Kier alpha value is -1.07. The Morgan fingerprint density at radius 1 is 1.56 bits per heavy atom. The Bertz CT molecular complexity index is 302. The van der Waals surface area contributed by atoms with Gasteiger partial charge in [0.2, 0.25) is 0 Å². The summed E-state index contributed by atoms with van der Waals surface area (Å²) in [6.45, 7) is 4.42. The number of halogens is 1. The summed E-state index contributed by atoms with van der Waals surface area (Å²) in [6.07, 6.45) is 2.96. The fraction of sp³-hybridized carbons (Fsp3) is 0.600. The van der Waals surface area contributed by atoms with Crippen molar-refractivity contribution in [3.63, 3.8) is 0 Å². The molecule has 0 saturated carbocycles. The molecule has 0 aliphatic rings. The number of nitrogens with one attached hydrogen (secondary N) is 1. The maximum Gasteiger partial charge on any atom is 0.273 e. The fourth-order valence-electron chi connectivity index (χ4n) is 1.40. The molecule has 16 heavy (non-hydrogen) atoms. The van der Waals surface area contributed by atoms with E-state index in [9.17, 15) is 4.79 Å². The highest BCUT2D eigenvalue weighted by Crippen LogP contribution is 2.13. The van der Waals surface area contributed by atoms with Crippen LogP contribution < -0.4 is 11.1 Å². The normalized spacial score (nSPS) is 10.7. The zero-order chi connectivity index (χ0) is 11.3. The van der Waals surface area contributed by atoms with Crippen LogP contribution in [0.2, 0.25) is 0 Å². The standard InChI is InChI=1S/C10H17N3O2.ClH/c1-3-10(4-2,7-11)12-9(14)8-5-6-15-13-8;/h5-6H,3-4,7,11H2,1-2H3,(H,12,14);1H. The number of rotatable bonds is 5. The molecule has 1 aromatic rings. The van der Waals surface area contributed by atoms with Crippen LogP contribution in [0, 0.1) is 0 Å². The highest BCUT2D eigenvalue weighted by atomic mass is 35.5. The minimum atomic E-state index is -0.337. The summed E-state index contributed by atoms with van der Waals surface area (Å²) < 4.78 is 4.61. The van der Waals surface area contributed by atoms with Crippen LogP contribution in [0.4, 0.5) is 0 Å². The van der Waals surface area contributed by atoms with Gasteiger partial charge in [-0.3, -0.25) is 4.79 Å². The van der Waals surface area contributed by atoms with Gasteiger partial charge in [0, 0.05) is 12.6 Å². The minimum Gasteiger partial charge on any atom is -0.364 e. The lowest BCUT2D eigenvalue weighted by molar-refractivity contribution is 0.0886. The number of aromatic nitrogens is 1. The third-order valence-corrected chi connectivity index (χ3v) is 2.79. The van der Waals surface area contributed by atoms with Crippen LogP contribution in [-0.2, 0) is 0 Å². The van der Waals surface area contributed by atoms with Crippen molar-refractivity contribution in [3.8, 4) is 0 Å². The molecular weight excluding hydrogens is 230 g/mol. The molecule has 0 aliphatic carbocycles. The maximum absolute atomic E-state index is 11.7. The van der Waals surface area contributed by atoms with E-state index in [1.54, 1.807) is 0 Å². The van der Waals surface area contributed by atoms with Crippen LogP contribution in [0.1, 0.15) is 37.2 Å². The summed E-state index contributed by atoms with van der Waals surface area (Å²) in [6, 6.07) is 1.53. The second kappa shape index (κ2) is 6.50. The maximum atomic E-state index is 11.7. The van der Waals surface area contributed by atoms with Gasteiger partial charge in [0.25, 0.3) is 5.91 Å². The Morgan fingerprint density at radius 2 is 2.19 bits per heavy atom. The van der Waals surface area contributed by atoms with Crippen LogP contribution in [0.3, 0.4) is 0 Å². The second-order valence-corrected chi connectivity index (χ2v) is 3.53. The van der Waals surface area contributed by atoms with E-state index >= 15 is 0 Å². The van der Waals surface area contributed by atoms with Gasteiger partial charge < -0.3 is 15.6 Å². The molecule has 92 valence electrons. The van der Waals surface area contributed by atoms with Gasteiger partial charge in [-0.05, 0) is 12.8 Å². The second-order valence-electron chi connectivity index (χ2n) is 3.53. The average molecular weight is 248 g/mol. The Balaban J connectivity index is 0.00000225. The summed E-state index contributed by atoms with van der Waals surface area (Å²) >= 11 is 0. The molecule has 0 atom stereocenters. The van der Waals surface area contributed by atoms with Crippen molar-refractivity contribution in [1.29, 1.82) is 0 Å². The zero-order valence-electron chi connectivity index (χ0n) is 9.53. The van der Waals surface area contributed by atoms with Gasteiger partial charge in [0.1, 0.15) is 6.26 Å². The number of nitrogens with zero attached hydrogens (tertiary/aromatic N) is 1. The molecule has 0 aliphatic heterocycles. The fourth-order valence-corrected chi connectivity index (χ4v) is 1.40. The highest BCUT2D eigenvalue weighted by Gasteiger charge is 2.27. The van der Waals surface area contributed by atoms with Gasteiger partial charge in [0.05, 0.1) is 5.54 Å². The van der Waals surface area contributed by atoms with Crippen LogP contribution in [0.5, 0.6) is 0 Å². The molecule has 1 aromatic heterocycles. The average Bonchev–Trinajstić information content (AvgIpc) is 2.79. The van der Waals surface area contributed by atoms with E-state index in [4.69, 9.17) is 5.73 Å². The first kappa shape index (κ1) is 14.9. The van der Waals surface area contributed by atoms with Crippen LogP contribution in [-0.4, -0.2) is 23.1 Å². The quantitative estimate of drug-likeness (QED) is 0.823. The smallest absolute Gasteiger partial charge is 0.273 e. The van der Waals surface area contributed by atoms with Gasteiger partial charge >= 0.3 is 0 Å². The van der Waals surface area contributed by atoms with Crippen LogP contribution in [0.15, 0.2) is 16.9 Å². The number of hydrogen-bond donors (Lipinski definition) is 2. The zero-order valence-corrected chi connectivity index (χ0v) is 10.3. The summed E-state index contributed by atoms with van der Waals surface area (Å²) in [5.74, 6) is -0.238. The first-order valence-corrected chi connectivity index (χ1v) is 5.10. The summed E-state index contributed by atoms with van der Waals surface area (Å²) in [5.41, 5.74) is 5.62. The third-order valence-electron chi connectivity index (χ3n) is 2.79. The van der Waals surface area contributed by atoms with Crippen molar-refractivity contribution in [3.05, 3.63) is 18.0 Å². The molecule has 1 amide bonds. The summed E-state index contributed by atoms with van der Waals surface area (Å²) in [4.78, 5) is 11.7. The molecule has 3 N–H and O–H groups in total. The van der Waals surface area contributed by atoms with Gasteiger partial charge in [0.15, 0.2) is 5.69 Å². The Kier molecular flexibility index (Phi) is 6.06. The molecule has 0 spiro atoms. The van der Waals surface area contributed by atoms with E-state index in [0.717, 1.165) is 12.8 Å². The lowest BCUT2D eigenvalue weighted by Gasteiger charge is -2.30. The topological polar surface area (TPSA) is 81.1 Å². The SMILES string of the molecule is CCC(CC)(CN)NC(=O)c1ccon1.Cl. The predicted octanol–water partition coefficient (Wildman–Crippen LogP) is 1.34. The minimum absolute atomic E-state index is 0. The lowest BCUT2D eigenvalue weighted by Crippen LogP contribution is -2.52. The van der Waals surface area contributed by atoms with Crippen molar-refractivity contribution < 1.29 is 9.32 Å². The summed E-state index contributed by atoms with van der Waals surface area (Å²) in [5, 5.41) is 6.47. The van der Waals surface area contributed by atoms with Crippen LogP contribution in [0.25, 0.3) is 0 Å². The van der Waals surface area contributed by atoms with E-state index in [0.29, 0.717) is 6.54 Å². The van der Waals surface area contributed by atoms with Crippen molar-refractivity contribution in [2.24, 2.45) is 5.73 Å². The first-order valence-electron chi connectivity index (χ1n) is 5.10. The van der Waals surface area contributed by atoms with Gasteiger partial charge in [-0.1, -0.05) is 19.0 Å². The van der Waals surface area contributed by atoms with Crippen molar-refractivity contribution in [1.82, 2.24) is 10.5 Å². The third kappa shape index (κ3) is 3.21. The molecule has 0 unspecified atom stereocenters. The molecule has 0 fully saturated rings. The Morgan fingerprint density at radius 3 is 2.56 bits per heavy atom. The molecule has 5 nitrogen and oxygen atoms in total. The molecule has 0 aromatic carbocycles. The molecule has 6 heteroatoms. The largest absolute Gasteiger partial charge is 0.364 e. The van der Waals surface area contributed by atoms with E-state index < -0.39 is 0 Å². The van der Waals surface area contributed by atoms with Crippen LogP contribution >= 0.6 is 12.4 Å². The van der Waals surface area contributed by atoms with Crippen molar-refractivity contribution in [2.45, 2.75) is 32.2 Å². The number of amides is 1. The molecule has 1 rings (SSSR count). The molecule has 0 radical (unpaired) electrons. The van der Waals surface area contributed by atoms with Crippen molar-refractivity contribution in [2.75, 3.05) is 6.54 Å². The number of carbonyl (C=O) groups is 1. The lowest BCUT2D eigenvalue weighted by atomic mass is 9.93. The van der Waals surface area contributed by atoms with Crippen molar-refractivity contribution >= 4 is 18.3 Å². The van der Waals surface area contributed by atoms with Gasteiger partial charge in [-0.15, -0.1) is 12.4 Å². The molecular formula is C10H18ClN3O2. The molecule has 0 bridgehead atoms. The number of carbonyl (C=O) groups excluding carboxylic acids is 1. The van der Waals surface area contributed by atoms with E-state index in [1.165, 1.54) is 12.3 Å². The van der Waals surface area contributed by atoms with Gasteiger partial charge in [-0.2, -0.15) is 0 Å². The molecule has 1 heterocycles. The first-order chi connectivity index (χ1) is 7.17. The monoisotopic (exact) mass is 247 g/mol. The van der Waals surface area contributed by atoms with Gasteiger partial charge in [-0.25, -0.2) is 0 Å². The van der Waals surface area contributed by atoms with E-state index in [1.807, 2.05) is 13.8 Å². The Labute approximate surface area is 101 Å². The van der Waals surface area contributed by atoms with E-state index in [-0.39, 0.29) is 29.5 Å². The van der Waals surface area contributed by atoms with E-state index in [2.05, 4.69) is 15.0 Å². The highest BCUT2D eigenvalue weighted by molar-refractivity contribution is 5.92. The molecule has 0 saturated heterocycles.